The molecule has 1 aromatic carbocycles. The lowest BCUT2D eigenvalue weighted by atomic mass is 9.92. The fourth-order valence-corrected chi connectivity index (χ4v) is 4.41. The molecule has 1 saturated heterocycles. The highest BCUT2D eigenvalue weighted by atomic mass is 35.5. The highest BCUT2D eigenvalue weighted by Gasteiger charge is 2.44. The molecule has 2 atom stereocenters. The number of amides is 2. The van der Waals surface area contributed by atoms with Crippen LogP contribution in [0.4, 0.5) is 0 Å². The van der Waals surface area contributed by atoms with Crippen molar-refractivity contribution in [3.8, 4) is 5.75 Å². The average Bonchev–Trinajstić information content (AvgIpc) is 3.36. The van der Waals surface area contributed by atoms with Gasteiger partial charge in [0, 0.05) is 25.4 Å². The topological polar surface area (TPSA) is 75.9 Å². The lowest BCUT2D eigenvalue weighted by Gasteiger charge is -2.28. The van der Waals surface area contributed by atoms with E-state index in [0.29, 0.717) is 11.6 Å². The van der Waals surface area contributed by atoms with Crippen molar-refractivity contribution in [2.24, 2.45) is 5.92 Å². The molecule has 1 N–H and O–H groups in total. The highest BCUT2D eigenvalue weighted by molar-refractivity contribution is 6.30. The number of aromatic nitrogens is 2. The molecular weight excluding hydrogens is 428 g/mol. The molecule has 1 aliphatic rings. The first-order valence-electron chi connectivity index (χ1n) is 10.8. The van der Waals surface area contributed by atoms with E-state index < -0.39 is 5.92 Å². The summed E-state index contributed by atoms with van der Waals surface area (Å²) < 4.78 is 7.09. The number of unbranched alkanes of at least 4 members (excludes halogenated alkanes) is 1. The minimum Gasteiger partial charge on any atom is -0.497 e. The fraction of sp³-hybridized carbons (Fsp3) is 0.375. The van der Waals surface area contributed by atoms with Crippen LogP contribution < -0.4 is 10.1 Å². The molecule has 2 aromatic heterocycles. The van der Waals surface area contributed by atoms with Gasteiger partial charge in [0.15, 0.2) is 0 Å². The van der Waals surface area contributed by atoms with Gasteiger partial charge >= 0.3 is 0 Å². The summed E-state index contributed by atoms with van der Waals surface area (Å²) in [5, 5.41) is 3.60. The lowest BCUT2D eigenvalue weighted by Crippen LogP contribution is -2.35. The van der Waals surface area contributed by atoms with Crippen LogP contribution in [0.2, 0.25) is 5.02 Å². The van der Waals surface area contributed by atoms with E-state index in [1.165, 1.54) is 0 Å². The molecule has 0 radical (unpaired) electrons. The standard InChI is InChI=1S/C24H27ClN4O3/c1-3-4-11-29-22(30)12-20(23(29)16-5-8-19(32-2)9-6-16)24(31)26-13-18-15-28-14-17(25)7-10-21(28)27-18/h5-10,14-15,20,23H,3-4,11-13H2,1-2H3,(H,26,31). The number of likely N-dealkylation sites (tertiary alicyclic amines) is 1. The normalized spacial score (nSPS) is 18.3. The molecule has 32 heavy (non-hydrogen) atoms. The van der Waals surface area contributed by atoms with E-state index in [1.807, 2.05) is 45.8 Å². The number of nitrogens with one attached hydrogen (secondary N) is 1. The Hall–Kier alpha value is -3.06. The molecule has 2 amide bonds. The Balaban J connectivity index is 1.52. The van der Waals surface area contributed by atoms with Crippen molar-refractivity contribution in [2.45, 2.75) is 38.8 Å². The van der Waals surface area contributed by atoms with Gasteiger partial charge in [-0.15, -0.1) is 0 Å². The third kappa shape index (κ3) is 4.58. The van der Waals surface area contributed by atoms with Crippen LogP contribution in [0, 0.1) is 5.92 Å². The first-order valence-corrected chi connectivity index (χ1v) is 11.2. The first kappa shape index (κ1) is 22.1. The SMILES string of the molecule is CCCCN1C(=O)CC(C(=O)NCc2cn3cc(Cl)ccc3n2)C1c1ccc(OC)cc1. The van der Waals surface area contributed by atoms with Crippen molar-refractivity contribution >= 4 is 29.1 Å². The molecule has 1 fully saturated rings. The van der Waals surface area contributed by atoms with Crippen LogP contribution in [0.15, 0.2) is 48.8 Å². The Labute approximate surface area is 192 Å². The van der Waals surface area contributed by atoms with Gasteiger partial charge in [0.05, 0.1) is 36.3 Å². The van der Waals surface area contributed by atoms with E-state index >= 15 is 0 Å². The number of nitrogens with zero attached hydrogens (tertiary/aromatic N) is 3. The quantitative estimate of drug-likeness (QED) is 0.558. The van der Waals surface area contributed by atoms with Crippen LogP contribution in [-0.4, -0.2) is 39.8 Å². The predicted octanol–water partition coefficient (Wildman–Crippen LogP) is 4.00. The maximum absolute atomic E-state index is 13.2. The lowest BCUT2D eigenvalue weighted by molar-refractivity contribution is -0.129. The number of carbonyl (C=O) groups excluding carboxylic acids is 2. The van der Waals surface area contributed by atoms with Gasteiger partial charge in [0.2, 0.25) is 11.8 Å². The van der Waals surface area contributed by atoms with Crippen LogP contribution >= 0.6 is 11.6 Å². The summed E-state index contributed by atoms with van der Waals surface area (Å²) in [5.74, 6) is 0.153. The summed E-state index contributed by atoms with van der Waals surface area (Å²) in [4.78, 5) is 32.4. The van der Waals surface area contributed by atoms with Crippen molar-refractivity contribution in [2.75, 3.05) is 13.7 Å². The molecule has 168 valence electrons. The Kier molecular flexibility index (Phi) is 6.65. The van der Waals surface area contributed by atoms with Gasteiger partial charge < -0.3 is 19.4 Å². The fourth-order valence-electron chi connectivity index (χ4n) is 4.24. The van der Waals surface area contributed by atoms with Crippen molar-refractivity contribution < 1.29 is 14.3 Å². The molecule has 0 aliphatic carbocycles. The van der Waals surface area contributed by atoms with Gasteiger partial charge in [-0.1, -0.05) is 37.1 Å². The number of halogens is 1. The minimum absolute atomic E-state index is 0.0155. The first-order chi connectivity index (χ1) is 15.5. The number of carbonyl (C=O) groups is 2. The largest absolute Gasteiger partial charge is 0.497 e. The maximum Gasteiger partial charge on any atom is 0.226 e. The zero-order chi connectivity index (χ0) is 22.7. The van der Waals surface area contributed by atoms with Crippen LogP contribution in [0.1, 0.15) is 43.5 Å². The van der Waals surface area contributed by atoms with Gasteiger partial charge in [0.1, 0.15) is 11.4 Å². The Morgan fingerprint density at radius 1 is 1.22 bits per heavy atom. The van der Waals surface area contributed by atoms with Crippen LogP contribution in [0.3, 0.4) is 0 Å². The smallest absolute Gasteiger partial charge is 0.226 e. The van der Waals surface area contributed by atoms with E-state index in [4.69, 9.17) is 16.3 Å². The van der Waals surface area contributed by atoms with Crippen LogP contribution in [-0.2, 0) is 16.1 Å². The summed E-state index contributed by atoms with van der Waals surface area (Å²) in [7, 11) is 1.62. The number of rotatable bonds is 8. The van der Waals surface area contributed by atoms with Gasteiger partial charge in [0.25, 0.3) is 0 Å². The predicted molar refractivity (Wildman–Crippen MR) is 123 cm³/mol. The highest BCUT2D eigenvalue weighted by Crippen LogP contribution is 2.39. The van der Waals surface area contributed by atoms with E-state index in [9.17, 15) is 9.59 Å². The third-order valence-electron chi connectivity index (χ3n) is 5.89. The molecule has 0 saturated carbocycles. The molecule has 4 rings (SSSR count). The molecule has 3 heterocycles. The zero-order valence-corrected chi connectivity index (χ0v) is 19.0. The third-order valence-corrected chi connectivity index (χ3v) is 6.11. The van der Waals surface area contributed by atoms with Crippen molar-refractivity contribution in [3.63, 3.8) is 0 Å². The van der Waals surface area contributed by atoms with Crippen molar-refractivity contribution in [1.82, 2.24) is 19.6 Å². The average molecular weight is 455 g/mol. The van der Waals surface area contributed by atoms with E-state index in [0.717, 1.165) is 35.5 Å². The summed E-state index contributed by atoms with van der Waals surface area (Å²) in [5.41, 5.74) is 2.43. The number of imidazole rings is 1. The van der Waals surface area contributed by atoms with Gasteiger partial charge in [-0.05, 0) is 36.2 Å². The van der Waals surface area contributed by atoms with Gasteiger partial charge in [-0.3, -0.25) is 9.59 Å². The minimum atomic E-state index is -0.459. The van der Waals surface area contributed by atoms with Crippen LogP contribution in [0.5, 0.6) is 5.75 Å². The Morgan fingerprint density at radius 3 is 2.72 bits per heavy atom. The number of methoxy groups -OCH3 is 1. The molecule has 2 unspecified atom stereocenters. The molecule has 7 nitrogen and oxygen atoms in total. The second kappa shape index (κ2) is 9.61. The van der Waals surface area contributed by atoms with Crippen molar-refractivity contribution in [3.05, 3.63) is 65.1 Å². The van der Waals surface area contributed by atoms with E-state index in [-0.39, 0.29) is 30.8 Å². The molecule has 0 spiro atoms. The van der Waals surface area contributed by atoms with Gasteiger partial charge in [-0.25, -0.2) is 4.98 Å². The number of hydrogen-bond acceptors (Lipinski definition) is 4. The second-order valence-electron chi connectivity index (χ2n) is 8.03. The van der Waals surface area contributed by atoms with E-state index in [2.05, 4.69) is 17.2 Å². The summed E-state index contributed by atoms with van der Waals surface area (Å²) >= 11 is 6.04. The maximum atomic E-state index is 13.2. The Bertz CT molecular complexity index is 1110. The summed E-state index contributed by atoms with van der Waals surface area (Å²) in [6.07, 6.45) is 5.70. The zero-order valence-electron chi connectivity index (χ0n) is 18.3. The second-order valence-corrected chi connectivity index (χ2v) is 8.47. The number of pyridine rings is 1. The molecule has 8 heteroatoms. The molecule has 0 bridgehead atoms. The van der Waals surface area contributed by atoms with E-state index in [1.54, 1.807) is 19.4 Å². The number of hydrogen-bond donors (Lipinski definition) is 1. The molecular formula is C24H27ClN4O3. The number of ether oxygens (including phenoxy) is 1. The number of fused-ring (bicyclic) bond motifs is 1. The molecule has 1 aliphatic heterocycles. The van der Waals surface area contributed by atoms with Crippen LogP contribution in [0.25, 0.3) is 5.65 Å². The Morgan fingerprint density at radius 2 is 2.00 bits per heavy atom. The van der Waals surface area contributed by atoms with Crippen molar-refractivity contribution in [1.29, 1.82) is 0 Å². The summed E-state index contributed by atoms with van der Waals surface area (Å²) in [6.45, 7) is 3.02. The molecule has 3 aromatic rings. The monoisotopic (exact) mass is 454 g/mol. The number of benzene rings is 1. The summed E-state index contributed by atoms with van der Waals surface area (Å²) in [6, 6.07) is 10.9. The van der Waals surface area contributed by atoms with Gasteiger partial charge in [-0.2, -0.15) is 0 Å².